The number of piperidine rings is 1. The highest BCUT2D eigenvalue weighted by Gasteiger charge is 2.21. The molecule has 0 spiro atoms. The monoisotopic (exact) mass is 408 g/mol. The molecule has 7 heteroatoms. The van der Waals surface area contributed by atoms with E-state index in [1.165, 1.54) is 6.07 Å². The molecule has 1 heterocycles. The van der Waals surface area contributed by atoms with Crippen molar-refractivity contribution < 1.29 is 13.2 Å². The van der Waals surface area contributed by atoms with E-state index < -0.39 is 10.0 Å². The van der Waals surface area contributed by atoms with Crippen LogP contribution >= 0.6 is 15.9 Å². The van der Waals surface area contributed by atoms with Crippen molar-refractivity contribution in [2.24, 2.45) is 0 Å². The zero-order valence-electron chi connectivity index (χ0n) is 12.9. The van der Waals surface area contributed by atoms with Gasteiger partial charge in [-0.05, 0) is 59.1 Å². The number of carbonyl (C=O) groups is 1. The van der Waals surface area contributed by atoms with Gasteiger partial charge in [0.1, 0.15) is 4.90 Å². The molecule has 0 radical (unpaired) electrons. The quantitative estimate of drug-likeness (QED) is 0.836. The van der Waals surface area contributed by atoms with Crippen molar-refractivity contribution in [1.82, 2.24) is 0 Å². The van der Waals surface area contributed by atoms with Crippen LogP contribution in [-0.4, -0.2) is 20.9 Å². The molecule has 0 bridgehead atoms. The van der Waals surface area contributed by atoms with Gasteiger partial charge in [-0.15, -0.1) is 0 Å². The highest BCUT2D eigenvalue weighted by atomic mass is 79.9. The van der Waals surface area contributed by atoms with Gasteiger partial charge in [-0.2, -0.15) is 0 Å². The Morgan fingerprint density at radius 2 is 1.83 bits per heavy atom. The summed E-state index contributed by atoms with van der Waals surface area (Å²) in [6.45, 7) is 0.666. The van der Waals surface area contributed by atoms with Crippen molar-refractivity contribution in [2.45, 2.75) is 24.2 Å². The smallest absolute Gasteiger partial charge is 0.263 e. The van der Waals surface area contributed by atoms with Crippen LogP contribution in [0.1, 0.15) is 19.3 Å². The van der Waals surface area contributed by atoms with Gasteiger partial charge in [0.05, 0.1) is 5.69 Å². The Bertz CT molecular complexity index is 868. The fourth-order valence-corrected chi connectivity index (χ4v) is 4.74. The summed E-state index contributed by atoms with van der Waals surface area (Å²) in [7, 11) is -3.71. The second-order valence-electron chi connectivity index (χ2n) is 5.59. The van der Waals surface area contributed by atoms with Crippen LogP contribution in [0.4, 0.5) is 11.4 Å². The number of rotatable bonds is 4. The minimum absolute atomic E-state index is 0.0760. The van der Waals surface area contributed by atoms with Crippen molar-refractivity contribution in [3.63, 3.8) is 0 Å². The molecule has 0 atom stereocenters. The maximum Gasteiger partial charge on any atom is 0.263 e. The van der Waals surface area contributed by atoms with E-state index in [1.54, 1.807) is 41.3 Å². The van der Waals surface area contributed by atoms with Gasteiger partial charge in [0, 0.05) is 23.1 Å². The van der Waals surface area contributed by atoms with Crippen LogP contribution in [0.5, 0.6) is 0 Å². The SMILES string of the molecule is O=C1CCCCN1c1cccc(NS(=O)(=O)c2ccccc2Br)c1. The summed E-state index contributed by atoms with van der Waals surface area (Å²) in [5.74, 6) is 0.0760. The second-order valence-corrected chi connectivity index (χ2v) is 8.09. The molecule has 24 heavy (non-hydrogen) atoms. The molecule has 2 aromatic carbocycles. The minimum atomic E-state index is -3.71. The van der Waals surface area contributed by atoms with Crippen molar-refractivity contribution >= 4 is 43.2 Å². The fraction of sp³-hybridized carbons (Fsp3) is 0.235. The molecule has 126 valence electrons. The third kappa shape index (κ3) is 3.62. The third-order valence-corrected chi connectivity index (χ3v) is 6.25. The van der Waals surface area contributed by atoms with Crippen LogP contribution in [0, 0.1) is 0 Å². The zero-order chi connectivity index (χ0) is 17.2. The first-order valence-electron chi connectivity index (χ1n) is 7.65. The lowest BCUT2D eigenvalue weighted by atomic mass is 10.1. The Balaban J connectivity index is 1.87. The second kappa shape index (κ2) is 6.94. The lowest BCUT2D eigenvalue weighted by Crippen LogP contribution is -2.35. The van der Waals surface area contributed by atoms with Gasteiger partial charge in [0.2, 0.25) is 5.91 Å². The van der Waals surface area contributed by atoms with Crippen molar-refractivity contribution in [3.05, 3.63) is 53.0 Å². The number of sulfonamides is 1. The number of nitrogens with one attached hydrogen (secondary N) is 1. The molecule has 3 rings (SSSR count). The average Bonchev–Trinajstić information content (AvgIpc) is 2.55. The maximum absolute atomic E-state index is 12.6. The van der Waals surface area contributed by atoms with Gasteiger partial charge < -0.3 is 4.90 Å². The van der Waals surface area contributed by atoms with E-state index in [4.69, 9.17) is 0 Å². The van der Waals surface area contributed by atoms with E-state index >= 15 is 0 Å². The molecule has 1 aliphatic rings. The summed E-state index contributed by atoms with van der Waals surface area (Å²) >= 11 is 3.26. The molecular formula is C17H17BrN2O3S. The largest absolute Gasteiger partial charge is 0.312 e. The number of carbonyl (C=O) groups excluding carboxylic acids is 1. The van der Waals surface area contributed by atoms with Crippen LogP contribution < -0.4 is 9.62 Å². The summed E-state index contributed by atoms with van der Waals surface area (Å²) in [6, 6.07) is 13.6. The summed E-state index contributed by atoms with van der Waals surface area (Å²) in [5.41, 5.74) is 1.15. The van der Waals surface area contributed by atoms with Gasteiger partial charge in [-0.25, -0.2) is 8.42 Å². The Hall–Kier alpha value is -1.86. The van der Waals surface area contributed by atoms with E-state index in [0.717, 1.165) is 12.8 Å². The molecule has 0 unspecified atom stereocenters. The minimum Gasteiger partial charge on any atom is -0.312 e. The first-order valence-corrected chi connectivity index (χ1v) is 9.93. The van der Waals surface area contributed by atoms with Crippen molar-refractivity contribution in [1.29, 1.82) is 0 Å². The van der Waals surface area contributed by atoms with E-state index in [-0.39, 0.29) is 10.8 Å². The van der Waals surface area contributed by atoms with Gasteiger partial charge in [-0.3, -0.25) is 9.52 Å². The Kier molecular flexibility index (Phi) is 4.91. The molecule has 2 aromatic rings. The molecule has 5 nitrogen and oxygen atoms in total. The van der Waals surface area contributed by atoms with Crippen LogP contribution in [0.3, 0.4) is 0 Å². The molecule has 1 aliphatic heterocycles. The Morgan fingerprint density at radius 1 is 1.04 bits per heavy atom. The summed E-state index contributed by atoms with van der Waals surface area (Å²) in [6.07, 6.45) is 2.40. The molecular weight excluding hydrogens is 392 g/mol. The fourth-order valence-electron chi connectivity index (χ4n) is 2.69. The zero-order valence-corrected chi connectivity index (χ0v) is 15.3. The van der Waals surface area contributed by atoms with Gasteiger partial charge in [0.15, 0.2) is 0 Å². The first-order chi connectivity index (χ1) is 11.5. The number of amides is 1. The van der Waals surface area contributed by atoms with Gasteiger partial charge in [0.25, 0.3) is 10.0 Å². The average molecular weight is 409 g/mol. The van der Waals surface area contributed by atoms with Crippen LogP contribution in [0.15, 0.2) is 57.9 Å². The normalized spacial score (nSPS) is 15.4. The predicted octanol–water partition coefficient (Wildman–Crippen LogP) is 3.77. The molecule has 1 saturated heterocycles. The predicted molar refractivity (Wildman–Crippen MR) is 97.6 cm³/mol. The summed E-state index contributed by atoms with van der Waals surface area (Å²) < 4.78 is 28.2. The number of hydrogen-bond donors (Lipinski definition) is 1. The van der Waals surface area contributed by atoms with E-state index in [0.29, 0.717) is 28.8 Å². The Labute approximate surface area is 149 Å². The summed E-state index contributed by atoms with van der Waals surface area (Å²) in [5, 5.41) is 0. The number of hydrogen-bond acceptors (Lipinski definition) is 3. The lowest BCUT2D eigenvalue weighted by Gasteiger charge is -2.27. The number of halogens is 1. The van der Waals surface area contributed by atoms with Crippen LogP contribution in [0.2, 0.25) is 0 Å². The standard InChI is InChI=1S/C17H17BrN2O3S/c18-15-8-1-2-9-16(15)24(22,23)19-13-6-5-7-14(12-13)20-11-4-3-10-17(20)21/h1-2,5-9,12,19H,3-4,10-11H2. The van der Waals surface area contributed by atoms with Crippen molar-refractivity contribution in [2.75, 3.05) is 16.2 Å². The van der Waals surface area contributed by atoms with E-state index in [1.807, 2.05) is 6.07 Å². The molecule has 0 saturated carbocycles. The van der Waals surface area contributed by atoms with Crippen molar-refractivity contribution in [3.8, 4) is 0 Å². The van der Waals surface area contributed by atoms with Gasteiger partial charge in [-0.1, -0.05) is 18.2 Å². The maximum atomic E-state index is 12.6. The topological polar surface area (TPSA) is 66.5 Å². The van der Waals surface area contributed by atoms with Crippen LogP contribution in [-0.2, 0) is 14.8 Å². The number of benzene rings is 2. The molecule has 0 aliphatic carbocycles. The molecule has 0 aromatic heterocycles. The number of nitrogens with zero attached hydrogens (tertiary/aromatic N) is 1. The van der Waals surface area contributed by atoms with E-state index in [2.05, 4.69) is 20.7 Å². The number of anilines is 2. The lowest BCUT2D eigenvalue weighted by molar-refractivity contribution is -0.119. The molecule has 1 N–H and O–H groups in total. The summed E-state index contributed by atoms with van der Waals surface area (Å²) in [4.78, 5) is 13.9. The van der Waals surface area contributed by atoms with Crippen LogP contribution in [0.25, 0.3) is 0 Å². The molecule has 1 fully saturated rings. The highest BCUT2D eigenvalue weighted by molar-refractivity contribution is 9.10. The first kappa shape index (κ1) is 17.0. The highest BCUT2D eigenvalue weighted by Crippen LogP contribution is 2.27. The van der Waals surface area contributed by atoms with E-state index in [9.17, 15) is 13.2 Å². The van der Waals surface area contributed by atoms with Gasteiger partial charge >= 0.3 is 0 Å². The Morgan fingerprint density at radius 3 is 2.58 bits per heavy atom. The molecule has 1 amide bonds. The third-order valence-electron chi connectivity index (χ3n) is 3.86.